The summed E-state index contributed by atoms with van der Waals surface area (Å²) in [7, 11) is 0. The summed E-state index contributed by atoms with van der Waals surface area (Å²) in [6.45, 7) is 1.15. The minimum atomic E-state index is 0.270. The van der Waals surface area contributed by atoms with Gasteiger partial charge in [0.1, 0.15) is 5.82 Å². The standard InChI is InChI=1S/C11H17N3O/c12-9-1-5-13-10(7-9)14-8-11(2-3-11)4-6-15/h1,5,7,15H,2-4,6,8H2,(H3,12,13,14). The molecule has 1 heterocycles. The van der Waals surface area contributed by atoms with E-state index in [-0.39, 0.29) is 6.61 Å². The summed E-state index contributed by atoms with van der Waals surface area (Å²) < 4.78 is 0. The van der Waals surface area contributed by atoms with Gasteiger partial charge in [-0.3, -0.25) is 0 Å². The highest BCUT2D eigenvalue weighted by atomic mass is 16.3. The van der Waals surface area contributed by atoms with Gasteiger partial charge in [-0.1, -0.05) is 0 Å². The molecule has 2 rings (SSSR count). The average Bonchev–Trinajstić information content (AvgIpc) is 2.97. The fourth-order valence-electron chi connectivity index (χ4n) is 1.75. The molecule has 0 bridgehead atoms. The van der Waals surface area contributed by atoms with Crippen molar-refractivity contribution in [2.45, 2.75) is 19.3 Å². The van der Waals surface area contributed by atoms with Crippen molar-refractivity contribution in [2.24, 2.45) is 5.41 Å². The van der Waals surface area contributed by atoms with E-state index in [0.29, 0.717) is 5.41 Å². The van der Waals surface area contributed by atoms with Gasteiger partial charge in [0.15, 0.2) is 0 Å². The van der Waals surface area contributed by atoms with Crippen LogP contribution in [-0.2, 0) is 0 Å². The highest BCUT2D eigenvalue weighted by Gasteiger charge is 2.41. The van der Waals surface area contributed by atoms with Crippen LogP contribution in [0.3, 0.4) is 0 Å². The third-order valence-electron chi connectivity index (χ3n) is 3.03. The Kier molecular flexibility index (Phi) is 2.77. The third kappa shape index (κ3) is 2.59. The van der Waals surface area contributed by atoms with Crippen molar-refractivity contribution in [2.75, 3.05) is 24.2 Å². The minimum absolute atomic E-state index is 0.270. The summed E-state index contributed by atoms with van der Waals surface area (Å²) >= 11 is 0. The summed E-state index contributed by atoms with van der Waals surface area (Å²) in [5.41, 5.74) is 6.68. The summed E-state index contributed by atoms with van der Waals surface area (Å²) in [6, 6.07) is 3.60. The molecule has 0 aliphatic heterocycles. The molecule has 4 nitrogen and oxygen atoms in total. The lowest BCUT2D eigenvalue weighted by Crippen LogP contribution is -2.17. The van der Waals surface area contributed by atoms with Crippen LogP contribution in [0.2, 0.25) is 0 Å². The molecule has 4 heteroatoms. The first-order chi connectivity index (χ1) is 7.24. The topological polar surface area (TPSA) is 71.2 Å². The van der Waals surface area contributed by atoms with Crippen LogP contribution in [0.15, 0.2) is 18.3 Å². The Morgan fingerprint density at radius 3 is 2.93 bits per heavy atom. The van der Waals surface area contributed by atoms with Gasteiger partial charge in [0.05, 0.1) is 0 Å². The van der Waals surface area contributed by atoms with Gasteiger partial charge in [0.2, 0.25) is 0 Å². The second-order valence-corrected chi connectivity index (χ2v) is 4.30. The number of anilines is 2. The molecule has 82 valence electrons. The molecule has 0 unspecified atom stereocenters. The smallest absolute Gasteiger partial charge is 0.127 e. The van der Waals surface area contributed by atoms with Crippen LogP contribution in [0.1, 0.15) is 19.3 Å². The van der Waals surface area contributed by atoms with Crippen molar-refractivity contribution in [3.8, 4) is 0 Å². The van der Waals surface area contributed by atoms with Crippen LogP contribution >= 0.6 is 0 Å². The van der Waals surface area contributed by atoms with Crippen molar-refractivity contribution in [3.05, 3.63) is 18.3 Å². The maximum Gasteiger partial charge on any atom is 0.127 e. The van der Waals surface area contributed by atoms with Crippen molar-refractivity contribution in [3.63, 3.8) is 0 Å². The van der Waals surface area contributed by atoms with E-state index in [1.807, 2.05) is 6.07 Å². The lowest BCUT2D eigenvalue weighted by atomic mass is 10.0. The number of aliphatic hydroxyl groups excluding tert-OH is 1. The Morgan fingerprint density at radius 2 is 2.33 bits per heavy atom. The first-order valence-electron chi connectivity index (χ1n) is 5.30. The Bertz CT molecular complexity index is 336. The average molecular weight is 207 g/mol. The van der Waals surface area contributed by atoms with E-state index in [1.54, 1.807) is 12.3 Å². The Balaban J connectivity index is 1.88. The normalized spacial score (nSPS) is 17.4. The zero-order valence-corrected chi connectivity index (χ0v) is 8.74. The fraction of sp³-hybridized carbons (Fsp3) is 0.545. The number of hydrogen-bond acceptors (Lipinski definition) is 4. The van der Waals surface area contributed by atoms with Gasteiger partial charge in [-0.15, -0.1) is 0 Å². The molecule has 1 fully saturated rings. The maximum absolute atomic E-state index is 8.92. The molecule has 1 aliphatic rings. The highest BCUT2D eigenvalue weighted by Crippen LogP contribution is 2.48. The lowest BCUT2D eigenvalue weighted by Gasteiger charge is -2.14. The summed E-state index contributed by atoms with van der Waals surface area (Å²) in [4.78, 5) is 4.18. The van der Waals surface area contributed by atoms with E-state index in [4.69, 9.17) is 10.8 Å². The molecule has 4 N–H and O–H groups in total. The number of nitrogens with two attached hydrogens (primary N) is 1. The Hall–Kier alpha value is -1.29. The fourth-order valence-corrected chi connectivity index (χ4v) is 1.75. The van der Waals surface area contributed by atoms with E-state index < -0.39 is 0 Å². The van der Waals surface area contributed by atoms with E-state index in [0.717, 1.165) is 24.5 Å². The number of aliphatic hydroxyl groups is 1. The SMILES string of the molecule is Nc1ccnc(NCC2(CCO)CC2)c1. The molecule has 0 saturated heterocycles. The molecule has 1 saturated carbocycles. The zero-order valence-electron chi connectivity index (χ0n) is 8.74. The van der Waals surface area contributed by atoms with Crippen LogP contribution < -0.4 is 11.1 Å². The number of aromatic nitrogens is 1. The Labute approximate surface area is 89.5 Å². The monoisotopic (exact) mass is 207 g/mol. The van der Waals surface area contributed by atoms with Crippen LogP contribution in [0.4, 0.5) is 11.5 Å². The number of pyridine rings is 1. The van der Waals surface area contributed by atoms with Crippen molar-refractivity contribution < 1.29 is 5.11 Å². The predicted octanol–water partition coefficient (Wildman–Crippen LogP) is 1.24. The molecule has 0 atom stereocenters. The minimum Gasteiger partial charge on any atom is -0.399 e. The molecule has 0 spiro atoms. The number of hydrogen-bond donors (Lipinski definition) is 3. The zero-order chi connectivity index (χ0) is 10.7. The number of nitrogen functional groups attached to an aromatic ring is 1. The first kappa shape index (κ1) is 10.2. The van der Waals surface area contributed by atoms with Crippen LogP contribution in [0, 0.1) is 5.41 Å². The molecular formula is C11H17N3O. The predicted molar refractivity (Wildman–Crippen MR) is 60.5 cm³/mol. The second kappa shape index (κ2) is 4.06. The van der Waals surface area contributed by atoms with Gasteiger partial charge in [-0.25, -0.2) is 4.98 Å². The first-order valence-corrected chi connectivity index (χ1v) is 5.30. The second-order valence-electron chi connectivity index (χ2n) is 4.30. The molecule has 1 aliphatic carbocycles. The molecule has 0 radical (unpaired) electrons. The summed E-state index contributed by atoms with van der Waals surface area (Å²) in [6.07, 6.45) is 4.97. The van der Waals surface area contributed by atoms with Gasteiger partial charge in [-0.05, 0) is 30.7 Å². The quantitative estimate of drug-likeness (QED) is 0.679. The number of rotatable bonds is 5. The third-order valence-corrected chi connectivity index (χ3v) is 3.03. The van der Waals surface area contributed by atoms with E-state index >= 15 is 0 Å². The number of nitrogens with zero attached hydrogens (tertiary/aromatic N) is 1. The number of nitrogens with one attached hydrogen (secondary N) is 1. The molecule has 0 aromatic carbocycles. The molecule has 1 aromatic rings. The van der Waals surface area contributed by atoms with Gasteiger partial charge in [-0.2, -0.15) is 0 Å². The summed E-state index contributed by atoms with van der Waals surface area (Å²) in [5.74, 6) is 0.819. The van der Waals surface area contributed by atoms with E-state index in [1.165, 1.54) is 12.8 Å². The van der Waals surface area contributed by atoms with E-state index in [2.05, 4.69) is 10.3 Å². The molecular weight excluding hydrogens is 190 g/mol. The molecule has 0 amide bonds. The van der Waals surface area contributed by atoms with E-state index in [9.17, 15) is 0 Å². The maximum atomic E-state index is 8.92. The van der Waals surface area contributed by atoms with Crippen LogP contribution in [-0.4, -0.2) is 23.2 Å². The molecule has 1 aromatic heterocycles. The van der Waals surface area contributed by atoms with Crippen molar-refractivity contribution in [1.82, 2.24) is 4.98 Å². The highest BCUT2D eigenvalue weighted by molar-refractivity contribution is 5.48. The largest absolute Gasteiger partial charge is 0.399 e. The summed E-state index contributed by atoms with van der Waals surface area (Å²) in [5, 5.41) is 12.2. The lowest BCUT2D eigenvalue weighted by molar-refractivity contribution is 0.253. The molecule has 15 heavy (non-hydrogen) atoms. The van der Waals surface area contributed by atoms with Gasteiger partial charge in [0, 0.05) is 31.1 Å². The van der Waals surface area contributed by atoms with Crippen molar-refractivity contribution >= 4 is 11.5 Å². The van der Waals surface area contributed by atoms with Crippen LogP contribution in [0.25, 0.3) is 0 Å². The van der Waals surface area contributed by atoms with Gasteiger partial charge < -0.3 is 16.2 Å². The van der Waals surface area contributed by atoms with Gasteiger partial charge in [0.25, 0.3) is 0 Å². The van der Waals surface area contributed by atoms with Gasteiger partial charge >= 0.3 is 0 Å². The Morgan fingerprint density at radius 1 is 1.53 bits per heavy atom. The van der Waals surface area contributed by atoms with Crippen LogP contribution in [0.5, 0.6) is 0 Å². The van der Waals surface area contributed by atoms with Crippen molar-refractivity contribution in [1.29, 1.82) is 0 Å².